The van der Waals surface area contributed by atoms with Gasteiger partial charge in [0.2, 0.25) is 0 Å². The van der Waals surface area contributed by atoms with Gasteiger partial charge in [-0.15, -0.1) is 0 Å². The summed E-state index contributed by atoms with van der Waals surface area (Å²) in [5.41, 5.74) is 1.75. The van der Waals surface area contributed by atoms with E-state index < -0.39 is 0 Å². The van der Waals surface area contributed by atoms with E-state index in [-0.39, 0.29) is 12.0 Å². The van der Waals surface area contributed by atoms with Gasteiger partial charge in [0.15, 0.2) is 0 Å². The lowest BCUT2D eigenvalue weighted by molar-refractivity contribution is -0.0264. The van der Waals surface area contributed by atoms with Gasteiger partial charge >= 0.3 is 0 Å². The zero-order chi connectivity index (χ0) is 13.2. The molecule has 0 bridgehead atoms. The quantitative estimate of drug-likeness (QED) is 0.913. The van der Waals surface area contributed by atoms with Crippen molar-refractivity contribution in [1.29, 1.82) is 0 Å². The second-order valence-electron chi connectivity index (χ2n) is 4.57. The highest BCUT2D eigenvalue weighted by atomic mass is 32.1. The molecule has 100 valence electrons. The lowest BCUT2D eigenvalue weighted by atomic mass is 10.2. The van der Waals surface area contributed by atoms with E-state index in [1.165, 1.54) is 11.3 Å². The molecule has 0 saturated carbocycles. The zero-order valence-corrected chi connectivity index (χ0v) is 11.4. The topological polar surface area (TPSA) is 58.2 Å². The number of nitrogens with zero attached hydrogens (tertiary/aromatic N) is 2. The predicted molar refractivity (Wildman–Crippen MR) is 72.2 cm³/mol. The minimum Gasteiger partial charge on any atom is -0.367 e. The lowest BCUT2D eigenvalue weighted by Crippen LogP contribution is -2.42. The largest absolute Gasteiger partial charge is 0.367 e. The smallest absolute Gasteiger partial charge is 0.254 e. The number of hydrogen-bond donors (Lipinski definition) is 1. The second kappa shape index (κ2) is 5.14. The van der Waals surface area contributed by atoms with Crippen molar-refractivity contribution in [2.45, 2.75) is 13.0 Å². The summed E-state index contributed by atoms with van der Waals surface area (Å²) in [5.74, 6) is 0.859. The molecule has 1 fully saturated rings. The van der Waals surface area contributed by atoms with Crippen molar-refractivity contribution in [1.82, 2.24) is 14.9 Å². The Morgan fingerprint density at radius 2 is 2.53 bits per heavy atom. The predicted octanol–water partition coefficient (Wildman–Crippen LogP) is 1.99. The normalized spacial score (nSPS) is 19.6. The average Bonchev–Trinajstić information content (AvgIpc) is 3.09. The summed E-state index contributed by atoms with van der Waals surface area (Å²) in [6.07, 6.45) is 1.61. The van der Waals surface area contributed by atoms with Crippen LogP contribution in [0.2, 0.25) is 0 Å². The van der Waals surface area contributed by atoms with Crippen molar-refractivity contribution in [2.24, 2.45) is 0 Å². The number of imidazole rings is 1. The molecule has 1 saturated heterocycles. The first-order chi connectivity index (χ1) is 9.24. The summed E-state index contributed by atoms with van der Waals surface area (Å²) in [7, 11) is 0. The van der Waals surface area contributed by atoms with Gasteiger partial charge in [-0.2, -0.15) is 11.3 Å². The molecule has 0 spiro atoms. The molecule has 2 aromatic rings. The number of aromatic amines is 1. The van der Waals surface area contributed by atoms with E-state index in [9.17, 15) is 4.79 Å². The van der Waals surface area contributed by atoms with Crippen LogP contribution in [0.4, 0.5) is 0 Å². The molecular weight excluding hydrogens is 262 g/mol. The van der Waals surface area contributed by atoms with Crippen LogP contribution in [-0.2, 0) is 4.74 Å². The van der Waals surface area contributed by atoms with Crippen molar-refractivity contribution in [2.75, 3.05) is 19.7 Å². The minimum atomic E-state index is -0.162. The van der Waals surface area contributed by atoms with Gasteiger partial charge in [0.1, 0.15) is 11.9 Å². The van der Waals surface area contributed by atoms with Gasteiger partial charge in [-0.3, -0.25) is 4.79 Å². The number of H-pyrrole nitrogens is 1. The molecular formula is C13H15N3O2S. The van der Waals surface area contributed by atoms with Gasteiger partial charge < -0.3 is 14.6 Å². The molecule has 2 aromatic heterocycles. The van der Waals surface area contributed by atoms with Crippen LogP contribution in [0, 0.1) is 6.92 Å². The van der Waals surface area contributed by atoms with Gasteiger partial charge in [0, 0.05) is 23.8 Å². The Morgan fingerprint density at radius 3 is 3.21 bits per heavy atom. The number of rotatable bonds is 2. The minimum absolute atomic E-state index is 0.0674. The molecule has 0 aromatic carbocycles. The SMILES string of the molecule is Cc1cnc([C@H]2CN(C(=O)c3ccsc3)CCO2)[nH]1. The first kappa shape index (κ1) is 12.4. The van der Waals surface area contributed by atoms with Crippen LogP contribution in [0.5, 0.6) is 0 Å². The Kier molecular flexibility index (Phi) is 3.35. The van der Waals surface area contributed by atoms with Crippen LogP contribution in [0.15, 0.2) is 23.0 Å². The zero-order valence-electron chi connectivity index (χ0n) is 10.6. The molecule has 1 aliphatic rings. The third-order valence-electron chi connectivity index (χ3n) is 3.15. The van der Waals surface area contributed by atoms with Crippen LogP contribution < -0.4 is 0 Å². The fraction of sp³-hybridized carbons (Fsp3) is 0.385. The van der Waals surface area contributed by atoms with Crippen LogP contribution in [-0.4, -0.2) is 40.5 Å². The molecule has 1 N–H and O–H groups in total. The van der Waals surface area contributed by atoms with Crippen molar-refractivity contribution in [3.8, 4) is 0 Å². The number of ether oxygens (including phenoxy) is 1. The van der Waals surface area contributed by atoms with Crippen LogP contribution in [0.3, 0.4) is 0 Å². The number of carbonyl (C=O) groups is 1. The summed E-state index contributed by atoms with van der Waals surface area (Å²) in [5, 5.41) is 3.80. The first-order valence-corrected chi connectivity index (χ1v) is 7.13. The first-order valence-electron chi connectivity index (χ1n) is 6.18. The van der Waals surface area contributed by atoms with Crippen molar-refractivity contribution in [3.05, 3.63) is 40.1 Å². The number of aryl methyl sites for hydroxylation is 1. The van der Waals surface area contributed by atoms with Gasteiger partial charge in [-0.1, -0.05) is 0 Å². The van der Waals surface area contributed by atoms with E-state index in [0.29, 0.717) is 19.7 Å². The summed E-state index contributed by atoms with van der Waals surface area (Å²) in [4.78, 5) is 21.6. The second-order valence-corrected chi connectivity index (χ2v) is 5.35. The highest BCUT2D eigenvalue weighted by Crippen LogP contribution is 2.21. The maximum absolute atomic E-state index is 12.3. The van der Waals surface area contributed by atoms with E-state index in [1.807, 2.05) is 28.7 Å². The third kappa shape index (κ3) is 2.54. The molecule has 19 heavy (non-hydrogen) atoms. The Morgan fingerprint density at radius 1 is 1.63 bits per heavy atom. The van der Waals surface area contributed by atoms with Crippen LogP contribution in [0.1, 0.15) is 28.0 Å². The highest BCUT2D eigenvalue weighted by molar-refractivity contribution is 7.08. The maximum Gasteiger partial charge on any atom is 0.254 e. The van der Waals surface area contributed by atoms with Crippen molar-refractivity contribution in [3.63, 3.8) is 0 Å². The Bertz CT molecular complexity index is 564. The highest BCUT2D eigenvalue weighted by Gasteiger charge is 2.27. The molecule has 1 amide bonds. The summed E-state index contributed by atoms with van der Waals surface area (Å²) in [6, 6.07) is 1.86. The molecule has 3 rings (SSSR count). The number of aromatic nitrogens is 2. The fourth-order valence-corrected chi connectivity index (χ4v) is 2.79. The summed E-state index contributed by atoms with van der Waals surface area (Å²) < 4.78 is 5.69. The van der Waals surface area contributed by atoms with E-state index in [0.717, 1.165) is 17.1 Å². The monoisotopic (exact) mass is 277 g/mol. The van der Waals surface area contributed by atoms with Gasteiger partial charge in [-0.25, -0.2) is 4.98 Å². The van der Waals surface area contributed by atoms with Crippen LogP contribution in [0.25, 0.3) is 0 Å². The van der Waals surface area contributed by atoms with E-state index in [1.54, 1.807) is 6.20 Å². The molecule has 3 heterocycles. The number of thiophene rings is 1. The molecule has 0 aliphatic carbocycles. The van der Waals surface area contributed by atoms with E-state index in [2.05, 4.69) is 9.97 Å². The number of hydrogen-bond acceptors (Lipinski definition) is 4. The summed E-state index contributed by atoms with van der Waals surface area (Å²) >= 11 is 1.54. The van der Waals surface area contributed by atoms with Crippen molar-refractivity contribution >= 4 is 17.2 Å². The Labute approximate surface area is 115 Å². The number of amides is 1. The Hall–Kier alpha value is -1.66. The maximum atomic E-state index is 12.3. The molecule has 5 nitrogen and oxygen atoms in total. The molecule has 0 radical (unpaired) electrons. The summed E-state index contributed by atoms with van der Waals surface area (Å²) in [6.45, 7) is 3.67. The Balaban J connectivity index is 1.73. The molecule has 1 aliphatic heterocycles. The molecule has 0 unspecified atom stereocenters. The fourth-order valence-electron chi connectivity index (χ4n) is 2.16. The van der Waals surface area contributed by atoms with Gasteiger partial charge in [0.25, 0.3) is 5.91 Å². The lowest BCUT2D eigenvalue weighted by Gasteiger charge is -2.31. The number of morpholine rings is 1. The number of carbonyl (C=O) groups excluding carboxylic acids is 1. The van der Waals surface area contributed by atoms with Gasteiger partial charge in [0.05, 0.1) is 18.7 Å². The van der Waals surface area contributed by atoms with Crippen LogP contribution >= 0.6 is 11.3 Å². The molecule has 6 heteroatoms. The third-order valence-corrected chi connectivity index (χ3v) is 3.83. The van der Waals surface area contributed by atoms with E-state index in [4.69, 9.17) is 4.74 Å². The average molecular weight is 277 g/mol. The number of nitrogens with one attached hydrogen (secondary N) is 1. The van der Waals surface area contributed by atoms with E-state index >= 15 is 0 Å². The molecule has 1 atom stereocenters. The van der Waals surface area contributed by atoms with Gasteiger partial charge in [-0.05, 0) is 18.4 Å². The standard InChI is InChI=1S/C13H15N3O2S/c1-9-6-14-12(15-9)11-7-16(3-4-18-11)13(17)10-2-5-19-8-10/h2,5-6,8,11H,3-4,7H2,1H3,(H,14,15)/t11-/m1/s1. The van der Waals surface area contributed by atoms with Crippen molar-refractivity contribution < 1.29 is 9.53 Å².